The van der Waals surface area contributed by atoms with Gasteiger partial charge in [-0.15, -0.1) is 0 Å². The van der Waals surface area contributed by atoms with Gasteiger partial charge < -0.3 is 5.32 Å². The molecule has 96 valence electrons. The Morgan fingerprint density at radius 2 is 1.74 bits per heavy atom. The summed E-state index contributed by atoms with van der Waals surface area (Å²) >= 11 is 0. The lowest BCUT2D eigenvalue weighted by atomic mass is 9.86. The number of nitrogens with one attached hydrogen (secondary N) is 1. The van der Waals surface area contributed by atoms with E-state index in [1.54, 1.807) is 12.4 Å². The van der Waals surface area contributed by atoms with Gasteiger partial charge in [0.05, 0.1) is 11.5 Å². The Hall–Kier alpha value is -2.34. The highest BCUT2D eigenvalue weighted by molar-refractivity contribution is 5.47. The van der Waals surface area contributed by atoms with E-state index in [9.17, 15) is 0 Å². The first-order valence-corrected chi connectivity index (χ1v) is 6.26. The summed E-state index contributed by atoms with van der Waals surface area (Å²) in [5, 5.41) is 12.4. The minimum Gasteiger partial charge on any atom is -0.381 e. The fourth-order valence-electron chi connectivity index (χ4n) is 1.77. The third kappa shape index (κ3) is 3.32. The summed E-state index contributed by atoms with van der Waals surface area (Å²) in [4.78, 5) is 3.99. The van der Waals surface area contributed by atoms with E-state index in [1.807, 2.05) is 50.2 Å². The van der Waals surface area contributed by atoms with Crippen molar-refractivity contribution >= 4 is 5.69 Å². The number of hydrogen-bond donors (Lipinski definition) is 1. The van der Waals surface area contributed by atoms with E-state index in [2.05, 4.69) is 16.4 Å². The van der Waals surface area contributed by atoms with Gasteiger partial charge in [-0.2, -0.15) is 5.26 Å². The molecular weight excluding hydrogens is 234 g/mol. The summed E-state index contributed by atoms with van der Waals surface area (Å²) in [6.45, 7) is 4.61. The zero-order valence-corrected chi connectivity index (χ0v) is 11.2. The molecule has 3 nitrogen and oxygen atoms in total. The number of pyridine rings is 1. The summed E-state index contributed by atoms with van der Waals surface area (Å²) in [5.41, 5.74) is 2.83. The second-order valence-corrected chi connectivity index (χ2v) is 5.02. The Labute approximate surface area is 113 Å². The van der Waals surface area contributed by atoms with Gasteiger partial charge in [-0.05, 0) is 49.2 Å². The van der Waals surface area contributed by atoms with Gasteiger partial charge in [0.2, 0.25) is 0 Å². The van der Waals surface area contributed by atoms with Crippen LogP contribution in [0.5, 0.6) is 0 Å². The number of aromatic nitrogens is 1. The summed E-state index contributed by atoms with van der Waals surface area (Å²) in [7, 11) is 0. The SMILES string of the molecule is CC(C)(C#N)c1ccc(NCc2ccncc2)cc1. The smallest absolute Gasteiger partial charge is 0.0766 e. The molecule has 1 heterocycles. The molecular formula is C16H17N3. The van der Waals surface area contributed by atoms with Crippen molar-refractivity contribution in [3.05, 3.63) is 59.9 Å². The van der Waals surface area contributed by atoms with Crippen molar-refractivity contribution in [3.8, 4) is 6.07 Å². The Bertz CT molecular complexity index is 565. The highest BCUT2D eigenvalue weighted by Gasteiger charge is 2.18. The van der Waals surface area contributed by atoms with Crippen molar-refractivity contribution in [3.63, 3.8) is 0 Å². The van der Waals surface area contributed by atoms with Crippen molar-refractivity contribution in [1.29, 1.82) is 5.26 Å². The number of rotatable bonds is 4. The molecule has 0 atom stereocenters. The molecule has 0 aliphatic heterocycles. The molecule has 1 N–H and O–H groups in total. The van der Waals surface area contributed by atoms with Crippen LogP contribution in [0.1, 0.15) is 25.0 Å². The van der Waals surface area contributed by atoms with Crippen LogP contribution in [-0.2, 0) is 12.0 Å². The van der Waals surface area contributed by atoms with Gasteiger partial charge >= 0.3 is 0 Å². The minimum absolute atomic E-state index is 0.441. The van der Waals surface area contributed by atoms with Gasteiger partial charge in [0.15, 0.2) is 0 Å². The van der Waals surface area contributed by atoms with E-state index in [0.29, 0.717) is 0 Å². The first kappa shape index (κ1) is 13.1. The number of anilines is 1. The highest BCUT2D eigenvalue weighted by Crippen LogP contribution is 2.23. The summed E-state index contributed by atoms with van der Waals surface area (Å²) in [5.74, 6) is 0. The van der Waals surface area contributed by atoms with Crippen LogP contribution >= 0.6 is 0 Å². The molecule has 2 aromatic rings. The van der Waals surface area contributed by atoms with Crippen LogP contribution in [0.15, 0.2) is 48.8 Å². The molecule has 0 aliphatic carbocycles. The molecule has 0 aliphatic rings. The quantitative estimate of drug-likeness (QED) is 0.904. The lowest BCUT2D eigenvalue weighted by molar-refractivity contribution is 0.687. The molecule has 0 saturated heterocycles. The Balaban J connectivity index is 2.02. The van der Waals surface area contributed by atoms with Gasteiger partial charge in [0, 0.05) is 24.6 Å². The van der Waals surface area contributed by atoms with E-state index in [0.717, 1.165) is 17.8 Å². The average Bonchev–Trinajstić information content (AvgIpc) is 2.47. The zero-order valence-electron chi connectivity index (χ0n) is 11.2. The van der Waals surface area contributed by atoms with E-state index < -0.39 is 5.41 Å². The second-order valence-electron chi connectivity index (χ2n) is 5.02. The first-order chi connectivity index (χ1) is 9.12. The van der Waals surface area contributed by atoms with Crippen LogP contribution in [0.25, 0.3) is 0 Å². The number of hydrogen-bond acceptors (Lipinski definition) is 3. The summed E-state index contributed by atoms with van der Waals surface area (Å²) in [6, 6.07) is 14.3. The Morgan fingerprint density at radius 1 is 1.11 bits per heavy atom. The fraction of sp³-hybridized carbons (Fsp3) is 0.250. The Morgan fingerprint density at radius 3 is 2.32 bits per heavy atom. The molecule has 1 aromatic heterocycles. The van der Waals surface area contributed by atoms with Crippen LogP contribution in [-0.4, -0.2) is 4.98 Å². The third-order valence-corrected chi connectivity index (χ3v) is 3.13. The largest absolute Gasteiger partial charge is 0.381 e. The van der Waals surface area contributed by atoms with Crippen LogP contribution in [0.3, 0.4) is 0 Å². The second kappa shape index (κ2) is 5.53. The maximum Gasteiger partial charge on any atom is 0.0766 e. The van der Waals surface area contributed by atoms with Crippen molar-refractivity contribution in [2.24, 2.45) is 0 Å². The topological polar surface area (TPSA) is 48.7 Å². The van der Waals surface area contributed by atoms with E-state index in [-0.39, 0.29) is 0 Å². The lowest BCUT2D eigenvalue weighted by Gasteiger charge is -2.16. The third-order valence-electron chi connectivity index (χ3n) is 3.13. The van der Waals surface area contributed by atoms with Gasteiger partial charge in [-0.1, -0.05) is 12.1 Å². The van der Waals surface area contributed by atoms with Crippen molar-refractivity contribution in [2.75, 3.05) is 5.32 Å². The van der Waals surface area contributed by atoms with Crippen LogP contribution < -0.4 is 5.32 Å². The van der Waals surface area contributed by atoms with Crippen molar-refractivity contribution < 1.29 is 0 Å². The maximum absolute atomic E-state index is 9.10. The molecule has 1 aromatic carbocycles. The van der Waals surface area contributed by atoms with E-state index >= 15 is 0 Å². The van der Waals surface area contributed by atoms with Gasteiger partial charge in [0.1, 0.15) is 0 Å². The standard InChI is InChI=1S/C16H17N3/c1-16(2,12-17)14-3-5-15(6-4-14)19-11-13-7-9-18-10-8-13/h3-10,19H,11H2,1-2H3. The number of benzene rings is 1. The average molecular weight is 251 g/mol. The first-order valence-electron chi connectivity index (χ1n) is 6.26. The van der Waals surface area contributed by atoms with Crippen LogP contribution in [0, 0.1) is 11.3 Å². The van der Waals surface area contributed by atoms with E-state index in [1.165, 1.54) is 5.56 Å². The van der Waals surface area contributed by atoms with Crippen molar-refractivity contribution in [1.82, 2.24) is 4.98 Å². The molecule has 0 radical (unpaired) electrons. The molecule has 2 rings (SSSR count). The van der Waals surface area contributed by atoms with Crippen molar-refractivity contribution in [2.45, 2.75) is 25.8 Å². The van der Waals surface area contributed by atoms with Crippen LogP contribution in [0.2, 0.25) is 0 Å². The molecule has 3 heteroatoms. The molecule has 0 amide bonds. The molecule has 0 unspecified atom stereocenters. The number of nitrogens with zero attached hydrogens (tertiary/aromatic N) is 2. The maximum atomic E-state index is 9.10. The monoisotopic (exact) mass is 251 g/mol. The van der Waals surface area contributed by atoms with Gasteiger partial charge in [-0.25, -0.2) is 0 Å². The minimum atomic E-state index is -0.441. The van der Waals surface area contributed by atoms with Crippen LogP contribution in [0.4, 0.5) is 5.69 Å². The predicted octanol–water partition coefficient (Wildman–Crippen LogP) is 3.49. The molecule has 0 saturated carbocycles. The molecule has 0 spiro atoms. The van der Waals surface area contributed by atoms with Gasteiger partial charge in [-0.3, -0.25) is 4.98 Å². The molecule has 0 bridgehead atoms. The van der Waals surface area contributed by atoms with Gasteiger partial charge in [0.25, 0.3) is 0 Å². The fourth-order valence-corrected chi connectivity index (χ4v) is 1.77. The lowest BCUT2D eigenvalue weighted by Crippen LogP contribution is -2.13. The summed E-state index contributed by atoms with van der Waals surface area (Å²) in [6.07, 6.45) is 3.57. The zero-order chi connectivity index (χ0) is 13.7. The Kier molecular flexibility index (Phi) is 3.82. The normalized spacial score (nSPS) is 10.8. The molecule has 0 fully saturated rings. The van der Waals surface area contributed by atoms with E-state index in [4.69, 9.17) is 5.26 Å². The molecule has 19 heavy (non-hydrogen) atoms. The summed E-state index contributed by atoms with van der Waals surface area (Å²) < 4.78 is 0. The predicted molar refractivity (Wildman–Crippen MR) is 76.6 cm³/mol. The number of nitriles is 1. The highest BCUT2D eigenvalue weighted by atomic mass is 14.9.